The van der Waals surface area contributed by atoms with Crippen molar-refractivity contribution in [2.24, 2.45) is 0 Å². The van der Waals surface area contributed by atoms with Crippen molar-refractivity contribution in [3.05, 3.63) is 18.2 Å². The number of nitrogen functional groups attached to an aromatic ring is 1. The molecule has 0 aromatic heterocycles. The molecule has 1 aromatic rings. The molecule has 0 unspecified atom stereocenters. The van der Waals surface area contributed by atoms with Gasteiger partial charge in [-0.25, -0.2) is 8.42 Å². The summed E-state index contributed by atoms with van der Waals surface area (Å²) in [5.74, 6) is 0. The van der Waals surface area contributed by atoms with Crippen LogP contribution in [0, 0.1) is 0 Å². The number of anilines is 1. The molecule has 0 bridgehead atoms. The van der Waals surface area contributed by atoms with Gasteiger partial charge in [0.15, 0.2) is 10.7 Å². The first-order valence-corrected chi connectivity index (χ1v) is 4.29. The molecule has 2 N–H and O–H groups in total. The van der Waals surface area contributed by atoms with Crippen LogP contribution in [0.4, 0.5) is 5.69 Å². The van der Waals surface area contributed by atoms with Gasteiger partial charge in [0.25, 0.3) is 0 Å². The fraction of sp³-hybridized carbons (Fsp3) is 0. The molecule has 0 saturated carbocycles. The molecule has 0 radical (unpaired) electrons. The molecule has 0 aliphatic carbocycles. The Bertz CT molecular complexity index is 340. The SMILES string of the molecule is Bc1ccc([SH](=O)=O)cc1N. The lowest BCUT2D eigenvalue weighted by molar-refractivity contribution is 0.614. The summed E-state index contributed by atoms with van der Waals surface area (Å²) >= 11 is 0. The van der Waals surface area contributed by atoms with E-state index in [9.17, 15) is 8.42 Å². The Kier molecular flexibility index (Phi) is 2.19. The van der Waals surface area contributed by atoms with E-state index in [2.05, 4.69) is 0 Å². The van der Waals surface area contributed by atoms with Crippen LogP contribution in [0.1, 0.15) is 0 Å². The first kappa shape index (κ1) is 8.13. The topological polar surface area (TPSA) is 60.2 Å². The zero-order chi connectivity index (χ0) is 8.43. The van der Waals surface area contributed by atoms with E-state index in [0.29, 0.717) is 5.69 Å². The number of thiol groups is 1. The highest BCUT2D eigenvalue weighted by Crippen LogP contribution is 2.04. The van der Waals surface area contributed by atoms with Gasteiger partial charge in [-0.3, -0.25) is 0 Å². The Hall–Kier alpha value is -0.965. The van der Waals surface area contributed by atoms with E-state index in [1.54, 1.807) is 6.07 Å². The Morgan fingerprint density at radius 1 is 1.36 bits per heavy atom. The average Bonchev–Trinajstić information content (AvgIpc) is 1.94. The maximum Gasteiger partial charge on any atom is 0.168 e. The van der Waals surface area contributed by atoms with Crippen molar-refractivity contribution < 1.29 is 8.42 Å². The summed E-state index contributed by atoms with van der Waals surface area (Å²) in [5, 5.41) is 0. The molecule has 0 saturated heterocycles. The van der Waals surface area contributed by atoms with Crippen LogP contribution >= 0.6 is 0 Å². The van der Waals surface area contributed by atoms with E-state index in [-0.39, 0.29) is 4.90 Å². The van der Waals surface area contributed by atoms with Crippen LogP contribution in [0.15, 0.2) is 23.1 Å². The molecule has 0 atom stereocenters. The van der Waals surface area contributed by atoms with Gasteiger partial charge in [-0.2, -0.15) is 0 Å². The van der Waals surface area contributed by atoms with E-state index in [1.807, 2.05) is 7.85 Å². The Morgan fingerprint density at radius 3 is 2.45 bits per heavy atom. The second-order valence-electron chi connectivity index (χ2n) is 2.30. The molecule has 0 amide bonds. The molecule has 5 heteroatoms. The van der Waals surface area contributed by atoms with E-state index < -0.39 is 10.7 Å². The minimum atomic E-state index is -2.50. The zero-order valence-electron chi connectivity index (χ0n) is 6.07. The molecule has 0 fully saturated rings. The Labute approximate surface area is 67.6 Å². The highest BCUT2D eigenvalue weighted by molar-refractivity contribution is 7.72. The summed E-state index contributed by atoms with van der Waals surface area (Å²) in [6.45, 7) is 0. The molecule has 0 aliphatic heterocycles. The number of nitrogens with two attached hydrogens (primary N) is 1. The summed E-state index contributed by atoms with van der Waals surface area (Å²) in [6.07, 6.45) is 0. The van der Waals surface area contributed by atoms with Gasteiger partial charge in [-0.1, -0.05) is 11.5 Å². The summed E-state index contributed by atoms with van der Waals surface area (Å²) in [6, 6.07) is 4.69. The minimum Gasteiger partial charge on any atom is -0.399 e. The third kappa shape index (κ3) is 1.74. The molecule has 1 aromatic carbocycles. The highest BCUT2D eigenvalue weighted by Gasteiger charge is 1.96. The second kappa shape index (κ2) is 2.96. The van der Waals surface area contributed by atoms with Crippen LogP contribution in [0.2, 0.25) is 0 Å². The maximum atomic E-state index is 10.4. The monoisotopic (exact) mass is 169 g/mol. The van der Waals surface area contributed by atoms with Gasteiger partial charge in [0.1, 0.15) is 7.85 Å². The third-order valence-electron chi connectivity index (χ3n) is 1.47. The first-order chi connectivity index (χ1) is 5.11. The van der Waals surface area contributed by atoms with Crippen molar-refractivity contribution in [1.82, 2.24) is 0 Å². The van der Waals surface area contributed by atoms with E-state index >= 15 is 0 Å². The second-order valence-corrected chi connectivity index (χ2v) is 3.33. The van der Waals surface area contributed by atoms with Crippen molar-refractivity contribution in [1.29, 1.82) is 0 Å². The van der Waals surface area contributed by atoms with Gasteiger partial charge in [0.05, 0.1) is 4.90 Å². The van der Waals surface area contributed by atoms with E-state index in [0.717, 1.165) is 5.46 Å². The van der Waals surface area contributed by atoms with Crippen LogP contribution in [0.3, 0.4) is 0 Å². The normalized spacial score (nSPS) is 10.3. The summed E-state index contributed by atoms with van der Waals surface area (Å²) in [7, 11) is -0.674. The predicted molar refractivity (Wildman–Crippen MR) is 47.6 cm³/mol. The lowest BCUT2D eigenvalue weighted by Gasteiger charge is -1.98. The molecule has 3 nitrogen and oxygen atoms in total. The lowest BCUT2D eigenvalue weighted by atomic mass is 9.95. The standard InChI is InChI=1S/C6H8BNO2S/c7-5-2-1-4(11(9)10)3-6(5)8/h1-3,11H,7-8H2. The molecule has 11 heavy (non-hydrogen) atoms. The van der Waals surface area contributed by atoms with Crippen LogP contribution in [0.5, 0.6) is 0 Å². The van der Waals surface area contributed by atoms with Gasteiger partial charge in [-0.05, 0) is 12.1 Å². The van der Waals surface area contributed by atoms with Crippen LogP contribution in [-0.2, 0) is 10.7 Å². The number of hydrogen-bond donors (Lipinski definition) is 2. The van der Waals surface area contributed by atoms with E-state index in [1.165, 1.54) is 12.1 Å². The summed E-state index contributed by atoms with van der Waals surface area (Å²) in [4.78, 5) is 0.267. The molecule has 1 rings (SSSR count). The van der Waals surface area contributed by atoms with Crippen molar-refractivity contribution in [2.75, 3.05) is 5.73 Å². The van der Waals surface area contributed by atoms with Crippen LogP contribution in [0.25, 0.3) is 0 Å². The first-order valence-electron chi connectivity index (χ1n) is 3.12. The predicted octanol–water partition coefficient (Wildman–Crippen LogP) is -1.50. The smallest absolute Gasteiger partial charge is 0.168 e. The van der Waals surface area contributed by atoms with Gasteiger partial charge >= 0.3 is 0 Å². The van der Waals surface area contributed by atoms with Crippen molar-refractivity contribution in [2.45, 2.75) is 4.90 Å². The fourth-order valence-electron chi connectivity index (χ4n) is 0.741. The molecular formula is C6H8BNO2S. The zero-order valence-corrected chi connectivity index (χ0v) is 6.97. The number of benzene rings is 1. The Morgan fingerprint density at radius 2 is 2.00 bits per heavy atom. The molecule has 0 aliphatic rings. The quantitative estimate of drug-likeness (QED) is 0.305. The van der Waals surface area contributed by atoms with E-state index in [4.69, 9.17) is 5.73 Å². The van der Waals surface area contributed by atoms with Gasteiger partial charge in [0.2, 0.25) is 0 Å². The van der Waals surface area contributed by atoms with Crippen molar-refractivity contribution in [3.63, 3.8) is 0 Å². The van der Waals surface area contributed by atoms with Gasteiger partial charge < -0.3 is 5.73 Å². The molecular weight excluding hydrogens is 161 g/mol. The van der Waals surface area contributed by atoms with Crippen LogP contribution in [-0.4, -0.2) is 16.3 Å². The average molecular weight is 169 g/mol. The van der Waals surface area contributed by atoms with Crippen LogP contribution < -0.4 is 11.2 Å². The van der Waals surface area contributed by atoms with Crippen molar-refractivity contribution >= 4 is 29.7 Å². The van der Waals surface area contributed by atoms with Gasteiger partial charge in [-0.15, -0.1) is 0 Å². The fourth-order valence-corrected chi connectivity index (χ4v) is 1.18. The Balaban J connectivity index is 3.26. The summed E-state index contributed by atoms with van der Waals surface area (Å²) < 4.78 is 20.9. The number of hydrogen-bond acceptors (Lipinski definition) is 3. The molecule has 0 spiro atoms. The largest absolute Gasteiger partial charge is 0.399 e. The molecule has 0 heterocycles. The minimum absolute atomic E-state index is 0.267. The third-order valence-corrected chi connectivity index (χ3v) is 2.17. The van der Waals surface area contributed by atoms with Crippen molar-refractivity contribution in [3.8, 4) is 0 Å². The highest BCUT2D eigenvalue weighted by atomic mass is 32.2. The molecule has 58 valence electrons. The maximum absolute atomic E-state index is 10.4. The summed E-state index contributed by atoms with van der Waals surface area (Å²) in [5.41, 5.74) is 6.90. The van der Waals surface area contributed by atoms with Gasteiger partial charge in [0, 0.05) is 5.69 Å². The lowest BCUT2D eigenvalue weighted by Crippen LogP contribution is -2.09. The number of rotatable bonds is 1.